The van der Waals surface area contributed by atoms with Gasteiger partial charge in [-0.25, -0.2) is 4.68 Å². The van der Waals surface area contributed by atoms with E-state index in [0.29, 0.717) is 18.3 Å². The van der Waals surface area contributed by atoms with E-state index >= 15 is 0 Å². The van der Waals surface area contributed by atoms with E-state index in [2.05, 4.69) is 15.6 Å². The first-order valence-electron chi connectivity index (χ1n) is 6.54. The third kappa shape index (κ3) is 3.36. The summed E-state index contributed by atoms with van der Waals surface area (Å²) < 4.78 is 7.03. The van der Waals surface area contributed by atoms with Crippen LogP contribution in [0.3, 0.4) is 0 Å². The molecule has 2 heterocycles. The van der Waals surface area contributed by atoms with Gasteiger partial charge in [0.15, 0.2) is 5.69 Å². The number of nitrogens with one attached hydrogen (secondary N) is 1. The second-order valence-corrected chi connectivity index (χ2v) is 4.54. The first kappa shape index (κ1) is 13.2. The number of ether oxygens (including phenoxy) is 1. The van der Waals surface area contributed by atoms with E-state index in [4.69, 9.17) is 4.74 Å². The molecule has 0 aromatic carbocycles. The van der Waals surface area contributed by atoms with E-state index in [9.17, 15) is 4.79 Å². The van der Waals surface area contributed by atoms with Gasteiger partial charge in [0.2, 0.25) is 5.78 Å². The van der Waals surface area contributed by atoms with Crippen molar-refractivity contribution in [1.29, 1.82) is 0 Å². The molecule has 0 radical (unpaired) electrons. The van der Waals surface area contributed by atoms with Crippen molar-refractivity contribution in [3.63, 3.8) is 0 Å². The molecule has 0 bridgehead atoms. The van der Waals surface area contributed by atoms with Gasteiger partial charge in [-0.05, 0) is 32.4 Å². The fourth-order valence-electron chi connectivity index (χ4n) is 2.04. The van der Waals surface area contributed by atoms with Gasteiger partial charge < -0.3 is 10.1 Å². The van der Waals surface area contributed by atoms with E-state index in [1.165, 1.54) is 0 Å². The highest BCUT2D eigenvalue weighted by molar-refractivity contribution is 5.94. The van der Waals surface area contributed by atoms with Crippen molar-refractivity contribution < 1.29 is 9.53 Å². The maximum atomic E-state index is 11.8. The zero-order valence-electron chi connectivity index (χ0n) is 10.8. The van der Waals surface area contributed by atoms with Gasteiger partial charge in [-0.1, -0.05) is 12.1 Å². The predicted octanol–water partition coefficient (Wildman–Crippen LogP) is 0.812. The molecule has 0 aliphatic carbocycles. The maximum Gasteiger partial charge on any atom is 0.210 e. The van der Waals surface area contributed by atoms with Crippen LogP contribution in [0.1, 0.15) is 42.7 Å². The number of hydrogen-bond acceptors (Lipinski definition) is 5. The second kappa shape index (κ2) is 6.61. The van der Waals surface area contributed by atoms with E-state index in [-0.39, 0.29) is 12.4 Å². The van der Waals surface area contributed by atoms with Crippen LogP contribution < -0.4 is 5.32 Å². The minimum Gasteiger partial charge on any atom is -0.373 e. The number of carbonyl (C=O) groups is 1. The SMILES string of the molecule is CCCOCC(=O)c1cn(C2CCNCC2)nn1. The van der Waals surface area contributed by atoms with Crippen LogP contribution in [0.15, 0.2) is 6.20 Å². The lowest BCUT2D eigenvalue weighted by Gasteiger charge is -2.22. The molecule has 1 aliphatic rings. The third-order valence-corrected chi connectivity index (χ3v) is 3.06. The van der Waals surface area contributed by atoms with Crippen LogP contribution in [0, 0.1) is 0 Å². The molecule has 2 rings (SSSR count). The molecule has 1 fully saturated rings. The molecule has 1 aliphatic heterocycles. The molecule has 0 unspecified atom stereocenters. The van der Waals surface area contributed by atoms with Gasteiger partial charge in [0.1, 0.15) is 6.61 Å². The average Bonchev–Trinajstić information content (AvgIpc) is 2.89. The van der Waals surface area contributed by atoms with E-state index < -0.39 is 0 Å². The Balaban J connectivity index is 1.90. The predicted molar refractivity (Wildman–Crippen MR) is 66.6 cm³/mol. The first-order chi connectivity index (χ1) is 8.81. The van der Waals surface area contributed by atoms with Gasteiger partial charge in [0, 0.05) is 6.61 Å². The van der Waals surface area contributed by atoms with Crippen molar-refractivity contribution in [2.24, 2.45) is 0 Å². The summed E-state index contributed by atoms with van der Waals surface area (Å²) in [6.45, 7) is 4.70. The average molecular weight is 252 g/mol. The maximum absolute atomic E-state index is 11.8. The molecule has 6 heteroatoms. The number of aromatic nitrogens is 3. The molecule has 0 saturated carbocycles. The Morgan fingerprint density at radius 1 is 1.56 bits per heavy atom. The van der Waals surface area contributed by atoms with Crippen LogP contribution in [0.2, 0.25) is 0 Å². The lowest BCUT2D eigenvalue weighted by atomic mass is 10.1. The van der Waals surface area contributed by atoms with Crippen LogP contribution in [0.5, 0.6) is 0 Å². The monoisotopic (exact) mass is 252 g/mol. The Morgan fingerprint density at radius 3 is 3.06 bits per heavy atom. The summed E-state index contributed by atoms with van der Waals surface area (Å²) in [6, 6.07) is 0.358. The zero-order valence-corrected chi connectivity index (χ0v) is 10.8. The highest BCUT2D eigenvalue weighted by Crippen LogP contribution is 2.17. The molecule has 1 aromatic heterocycles. The molecular weight excluding hydrogens is 232 g/mol. The number of piperidine rings is 1. The van der Waals surface area contributed by atoms with Crippen LogP contribution in [-0.2, 0) is 4.74 Å². The Bertz CT molecular complexity index is 385. The summed E-state index contributed by atoms with van der Waals surface area (Å²) in [4.78, 5) is 11.8. The zero-order chi connectivity index (χ0) is 12.8. The third-order valence-electron chi connectivity index (χ3n) is 3.06. The molecule has 100 valence electrons. The highest BCUT2D eigenvalue weighted by Gasteiger charge is 2.18. The van der Waals surface area contributed by atoms with Crippen LogP contribution in [0.4, 0.5) is 0 Å². The molecule has 0 atom stereocenters. The van der Waals surface area contributed by atoms with Crippen molar-refractivity contribution in [1.82, 2.24) is 20.3 Å². The molecule has 0 amide bonds. The summed E-state index contributed by atoms with van der Waals surface area (Å²) in [5.41, 5.74) is 0.407. The van der Waals surface area contributed by atoms with Crippen molar-refractivity contribution in [2.75, 3.05) is 26.3 Å². The van der Waals surface area contributed by atoms with E-state index in [0.717, 1.165) is 32.4 Å². The highest BCUT2D eigenvalue weighted by atomic mass is 16.5. The lowest BCUT2D eigenvalue weighted by Crippen LogP contribution is -2.29. The van der Waals surface area contributed by atoms with Gasteiger partial charge in [-0.3, -0.25) is 4.79 Å². The molecule has 18 heavy (non-hydrogen) atoms. The number of carbonyl (C=O) groups excluding carboxylic acids is 1. The molecule has 1 saturated heterocycles. The minimum atomic E-state index is -0.0939. The van der Waals surface area contributed by atoms with Gasteiger partial charge in [0.25, 0.3) is 0 Å². The molecule has 1 N–H and O–H groups in total. The molecule has 6 nitrogen and oxygen atoms in total. The first-order valence-corrected chi connectivity index (χ1v) is 6.54. The normalized spacial score (nSPS) is 16.9. The smallest absolute Gasteiger partial charge is 0.210 e. The number of Topliss-reactive ketones (excluding diaryl/α,β-unsaturated/α-hetero) is 1. The summed E-state index contributed by atoms with van der Waals surface area (Å²) in [5, 5.41) is 11.3. The van der Waals surface area contributed by atoms with Crippen molar-refractivity contribution >= 4 is 5.78 Å². The van der Waals surface area contributed by atoms with Crippen LogP contribution in [0.25, 0.3) is 0 Å². The van der Waals surface area contributed by atoms with Gasteiger partial charge in [0.05, 0.1) is 12.2 Å². The Labute approximate surface area is 107 Å². The number of ketones is 1. The summed E-state index contributed by atoms with van der Waals surface area (Å²) in [7, 11) is 0. The van der Waals surface area contributed by atoms with E-state index in [1.807, 2.05) is 11.6 Å². The summed E-state index contributed by atoms with van der Waals surface area (Å²) in [5.74, 6) is -0.0939. The van der Waals surface area contributed by atoms with Gasteiger partial charge in [-0.2, -0.15) is 0 Å². The molecule has 1 aromatic rings. The summed E-state index contributed by atoms with van der Waals surface area (Å²) >= 11 is 0. The van der Waals surface area contributed by atoms with Crippen molar-refractivity contribution in [3.8, 4) is 0 Å². The number of rotatable bonds is 6. The summed E-state index contributed by atoms with van der Waals surface area (Å²) in [6.07, 6.45) is 4.72. The Hall–Kier alpha value is -1.27. The fourth-order valence-corrected chi connectivity index (χ4v) is 2.04. The van der Waals surface area contributed by atoms with Crippen molar-refractivity contribution in [3.05, 3.63) is 11.9 Å². The fraction of sp³-hybridized carbons (Fsp3) is 0.750. The Morgan fingerprint density at radius 2 is 2.33 bits per heavy atom. The van der Waals surface area contributed by atoms with Gasteiger partial charge >= 0.3 is 0 Å². The van der Waals surface area contributed by atoms with Crippen LogP contribution >= 0.6 is 0 Å². The quantitative estimate of drug-likeness (QED) is 0.599. The lowest BCUT2D eigenvalue weighted by molar-refractivity contribution is 0.0756. The number of nitrogens with zero attached hydrogens (tertiary/aromatic N) is 3. The van der Waals surface area contributed by atoms with Crippen molar-refractivity contribution in [2.45, 2.75) is 32.2 Å². The molecule has 0 spiro atoms. The Kier molecular flexibility index (Phi) is 4.83. The topological polar surface area (TPSA) is 69.0 Å². The van der Waals surface area contributed by atoms with Crippen LogP contribution in [-0.4, -0.2) is 47.1 Å². The largest absolute Gasteiger partial charge is 0.373 e. The molecular formula is C12H20N4O2. The van der Waals surface area contributed by atoms with E-state index in [1.54, 1.807) is 6.20 Å². The standard InChI is InChI=1S/C12H20N4O2/c1-2-7-18-9-12(17)11-8-16(15-14-11)10-3-5-13-6-4-10/h8,10,13H,2-7,9H2,1H3. The minimum absolute atomic E-state index is 0.0939. The van der Waals surface area contributed by atoms with Gasteiger partial charge in [-0.15, -0.1) is 5.10 Å². The number of hydrogen-bond donors (Lipinski definition) is 1. The second-order valence-electron chi connectivity index (χ2n) is 4.54.